The lowest BCUT2D eigenvalue weighted by Gasteiger charge is -2.13. The largest absolute Gasteiger partial charge is 0.490 e. The van der Waals surface area contributed by atoms with E-state index in [9.17, 15) is 0 Å². The summed E-state index contributed by atoms with van der Waals surface area (Å²) < 4.78 is 11.0. The summed E-state index contributed by atoms with van der Waals surface area (Å²) >= 11 is 5.03. The molecule has 0 fully saturated rings. The molecule has 0 aliphatic rings. The number of hydrogen-bond acceptors (Lipinski definition) is 4. The van der Waals surface area contributed by atoms with Crippen LogP contribution in [0.15, 0.2) is 6.07 Å². The van der Waals surface area contributed by atoms with Gasteiger partial charge < -0.3 is 15.2 Å². The van der Waals surface area contributed by atoms with Crippen molar-refractivity contribution in [1.29, 1.82) is 0 Å². The fraction of sp³-hybridized carbons (Fsp3) is 0.538. The van der Waals surface area contributed by atoms with Crippen molar-refractivity contribution in [3.05, 3.63) is 23.0 Å². The van der Waals surface area contributed by atoms with Gasteiger partial charge >= 0.3 is 0 Å². The summed E-state index contributed by atoms with van der Waals surface area (Å²) in [6.07, 6.45) is 1.01. The van der Waals surface area contributed by atoms with E-state index in [2.05, 4.69) is 11.9 Å². The second kappa shape index (κ2) is 7.28. The zero-order valence-corrected chi connectivity index (χ0v) is 12.0. The summed E-state index contributed by atoms with van der Waals surface area (Å²) in [5.41, 5.74) is 8.10. The van der Waals surface area contributed by atoms with Gasteiger partial charge in [0.05, 0.1) is 17.9 Å². The molecule has 100 valence electrons. The van der Waals surface area contributed by atoms with Crippen LogP contribution in [-0.4, -0.2) is 29.8 Å². The van der Waals surface area contributed by atoms with E-state index < -0.39 is 0 Å². The molecular weight excluding hydrogens is 248 g/mol. The number of nitrogens with two attached hydrogens (primary N) is 1. The van der Waals surface area contributed by atoms with Crippen molar-refractivity contribution >= 4 is 17.2 Å². The molecule has 4 nitrogen and oxygen atoms in total. The van der Waals surface area contributed by atoms with Gasteiger partial charge in [-0.1, -0.05) is 19.1 Å². The number of pyridine rings is 1. The van der Waals surface area contributed by atoms with Crippen LogP contribution in [0, 0.1) is 13.8 Å². The molecule has 0 radical (unpaired) electrons. The van der Waals surface area contributed by atoms with Crippen molar-refractivity contribution in [3.8, 4) is 5.75 Å². The predicted octanol–water partition coefficient (Wildman–Crippen LogP) is 2.14. The average Bonchev–Trinajstić information content (AvgIpc) is 2.27. The highest BCUT2D eigenvalue weighted by molar-refractivity contribution is 7.80. The fourth-order valence-corrected chi connectivity index (χ4v) is 1.91. The van der Waals surface area contributed by atoms with Crippen molar-refractivity contribution in [3.63, 3.8) is 0 Å². The molecule has 0 atom stereocenters. The van der Waals surface area contributed by atoms with Gasteiger partial charge in [-0.25, -0.2) is 0 Å². The molecule has 1 rings (SSSR count). The van der Waals surface area contributed by atoms with E-state index in [1.165, 1.54) is 0 Å². The molecule has 0 spiro atoms. The van der Waals surface area contributed by atoms with Gasteiger partial charge in [0.1, 0.15) is 17.3 Å². The number of rotatable bonds is 7. The van der Waals surface area contributed by atoms with E-state index in [-0.39, 0.29) is 0 Å². The first-order valence-electron chi connectivity index (χ1n) is 6.04. The Morgan fingerprint density at radius 2 is 2.06 bits per heavy atom. The normalized spacial score (nSPS) is 10.4. The topological polar surface area (TPSA) is 57.4 Å². The highest BCUT2D eigenvalue weighted by Gasteiger charge is 2.12. The minimum atomic E-state index is 0.310. The van der Waals surface area contributed by atoms with Crippen LogP contribution in [0.3, 0.4) is 0 Å². The molecule has 0 aromatic carbocycles. The maximum absolute atomic E-state index is 5.70. The number of nitrogens with zero attached hydrogens (tertiary/aromatic N) is 1. The number of hydrogen-bond donors (Lipinski definition) is 1. The summed E-state index contributed by atoms with van der Waals surface area (Å²) in [6, 6.07) is 1.85. The molecule has 2 N–H and O–H groups in total. The van der Waals surface area contributed by atoms with Crippen LogP contribution in [-0.2, 0) is 4.74 Å². The van der Waals surface area contributed by atoms with E-state index in [0.29, 0.717) is 29.5 Å². The van der Waals surface area contributed by atoms with Crippen LogP contribution in [0.5, 0.6) is 5.75 Å². The van der Waals surface area contributed by atoms with E-state index in [1.54, 1.807) is 0 Å². The second-order valence-corrected chi connectivity index (χ2v) is 4.49. The molecule has 18 heavy (non-hydrogen) atoms. The Morgan fingerprint density at radius 3 is 2.67 bits per heavy atom. The van der Waals surface area contributed by atoms with Gasteiger partial charge in [0.15, 0.2) is 0 Å². The van der Waals surface area contributed by atoms with Gasteiger partial charge in [0.2, 0.25) is 0 Å². The van der Waals surface area contributed by atoms with Crippen molar-refractivity contribution in [2.75, 3.05) is 19.8 Å². The van der Waals surface area contributed by atoms with E-state index in [1.807, 2.05) is 19.9 Å². The Morgan fingerprint density at radius 1 is 1.33 bits per heavy atom. The molecule has 1 aromatic heterocycles. The predicted molar refractivity (Wildman–Crippen MR) is 76.2 cm³/mol. The Hall–Kier alpha value is -1.20. The highest BCUT2D eigenvalue weighted by Crippen LogP contribution is 2.22. The molecule has 0 amide bonds. The zero-order chi connectivity index (χ0) is 13.5. The second-order valence-electron chi connectivity index (χ2n) is 4.05. The Balaban J connectivity index is 2.71. The van der Waals surface area contributed by atoms with Crippen molar-refractivity contribution < 1.29 is 9.47 Å². The number of aromatic nitrogens is 1. The van der Waals surface area contributed by atoms with Gasteiger partial charge in [-0.05, 0) is 20.3 Å². The SMILES string of the molecule is CCCOCCOc1cc(C)nc(C)c1C(N)=S. The quantitative estimate of drug-likeness (QED) is 0.606. The van der Waals surface area contributed by atoms with Gasteiger partial charge in [-0.2, -0.15) is 0 Å². The highest BCUT2D eigenvalue weighted by atomic mass is 32.1. The number of ether oxygens (including phenoxy) is 2. The van der Waals surface area contributed by atoms with E-state index >= 15 is 0 Å². The van der Waals surface area contributed by atoms with Crippen LogP contribution in [0.1, 0.15) is 30.3 Å². The lowest BCUT2D eigenvalue weighted by molar-refractivity contribution is 0.100. The number of aryl methyl sites for hydroxylation is 2. The molecule has 0 saturated heterocycles. The molecule has 0 aliphatic carbocycles. The van der Waals surface area contributed by atoms with Gasteiger partial charge in [-0.3, -0.25) is 4.98 Å². The molecular formula is C13H20N2O2S. The first kappa shape index (κ1) is 14.9. The van der Waals surface area contributed by atoms with Crippen LogP contribution >= 0.6 is 12.2 Å². The maximum Gasteiger partial charge on any atom is 0.133 e. The van der Waals surface area contributed by atoms with Gasteiger partial charge in [-0.15, -0.1) is 0 Å². The summed E-state index contributed by atoms with van der Waals surface area (Å²) in [5.74, 6) is 0.688. The molecule has 0 bridgehead atoms. The van der Waals surface area contributed by atoms with Crippen molar-refractivity contribution in [2.24, 2.45) is 5.73 Å². The van der Waals surface area contributed by atoms with Crippen LogP contribution in [0.25, 0.3) is 0 Å². The number of thiocarbonyl (C=S) groups is 1. The molecule has 1 aromatic rings. The molecule has 0 unspecified atom stereocenters. The van der Waals surface area contributed by atoms with Gasteiger partial charge in [0, 0.05) is 18.4 Å². The smallest absolute Gasteiger partial charge is 0.133 e. The monoisotopic (exact) mass is 268 g/mol. The third-order valence-corrected chi connectivity index (χ3v) is 2.58. The summed E-state index contributed by atoms with van der Waals surface area (Å²) in [6.45, 7) is 7.66. The third-order valence-electron chi connectivity index (χ3n) is 2.37. The van der Waals surface area contributed by atoms with Crippen molar-refractivity contribution in [1.82, 2.24) is 4.98 Å². The summed E-state index contributed by atoms with van der Waals surface area (Å²) in [4.78, 5) is 4.64. The Bertz CT molecular complexity index is 422. The minimum absolute atomic E-state index is 0.310. The Labute approximate surface area is 113 Å². The van der Waals surface area contributed by atoms with Crippen LogP contribution in [0.4, 0.5) is 0 Å². The lowest BCUT2D eigenvalue weighted by Crippen LogP contribution is -2.16. The maximum atomic E-state index is 5.70. The summed E-state index contributed by atoms with van der Waals surface area (Å²) in [7, 11) is 0. The van der Waals surface area contributed by atoms with Crippen LogP contribution < -0.4 is 10.5 Å². The van der Waals surface area contributed by atoms with E-state index in [4.69, 9.17) is 27.4 Å². The standard InChI is InChI=1S/C13H20N2O2S/c1-4-5-16-6-7-17-11-8-9(2)15-10(3)12(11)13(14)18/h8H,4-7H2,1-3H3,(H2,14,18). The first-order chi connectivity index (χ1) is 8.56. The third kappa shape index (κ3) is 4.23. The van der Waals surface area contributed by atoms with E-state index in [0.717, 1.165) is 24.4 Å². The lowest BCUT2D eigenvalue weighted by atomic mass is 10.1. The first-order valence-corrected chi connectivity index (χ1v) is 6.45. The van der Waals surface area contributed by atoms with Crippen LogP contribution in [0.2, 0.25) is 0 Å². The summed E-state index contributed by atoms with van der Waals surface area (Å²) in [5, 5.41) is 0. The molecule has 1 heterocycles. The molecule has 5 heteroatoms. The molecule has 0 aliphatic heterocycles. The zero-order valence-electron chi connectivity index (χ0n) is 11.2. The molecule has 0 saturated carbocycles. The Kier molecular flexibility index (Phi) is 6.01. The average molecular weight is 268 g/mol. The van der Waals surface area contributed by atoms with Crippen molar-refractivity contribution in [2.45, 2.75) is 27.2 Å². The fourth-order valence-electron chi connectivity index (χ4n) is 1.66. The van der Waals surface area contributed by atoms with Gasteiger partial charge in [0.25, 0.3) is 0 Å². The minimum Gasteiger partial charge on any atom is -0.490 e.